The van der Waals surface area contributed by atoms with Crippen molar-refractivity contribution in [2.75, 3.05) is 39.3 Å². The molecule has 3 aliphatic heterocycles. The summed E-state index contributed by atoms with van der Waals surface area (Å²) >= 11 is 0. The van der Waals surface area contributed by atoms with Crippen molar-refractivity contribution in [3.63, 3.8) is 0 Å². The lowest BCUT2D eigenvalue weighted by Gasteiger charge is -2.22. The maximum absolute atomic E-state index is 15.0. The second-order valence-electron chi connectivity index (χ2n) is 23.2. The maximum Gasteiger partial charge on any atom is 0.418 e. The maximum atomic E-state index is 15.0. The van der Waals surface area contributed by atoms with Crippen LogP contribution in [0, 0.1) is 19.7 Å². The van der Waals surface area contributed by atoms with Gasteiger partial charge in [-0.3, -0.25) is 19.0 Å². The minimum Gasteiger partial charge on any atom is -0.317 e. The number of halogens is 4. The summed E-state index contributed by atoms with van der Waals surface area (Å²) < 4.78 is 61.0. The van der Waals surface area contributed by atoms with Crippen molar-refractivity contribution >= 4 is 65.5 Å². The zero-order chi connectivity index (χ0) is 58.5. The summed E-state index contributed by atoms with van der Waals surface area (Å²) in [6.07, 6.45) is 11.4. The first-order valence-corrected chi connectivity index (χ1v) is 29.3. The third kappa shape index (κ3) is 11.7. The number of nitrogens with one attached hydrogen (secondary N) is 3. The van der Waals surface area contributed by atoms with E-state index in [1.54, 1.807) is 43.7 Å². The van der Waals surface area contributed by atoms with E-state index in [1.165, 1.54) is 26.8 Å². The summed E-state index contributed by atoms with van der Waals surface area (Å²) in [6, 6.07) is 31.1. The lowest BCUT2D eigenvalue weighted by atomic mass is 9.93. The first-order chi connectivity index (χ1) is 41.1. The van der Waals surface area contributed by atoms with Crippen molar-refractivity contribution in [1.29, 1.82) is 0 Å². The SMILES string of the molecule is Cc1cc(-c2cc(F)c3nc(C4CCNCC4)ccc3c2)cc2cn(C)nc12.Cc1cc(-c2ccc3nc(C4CCNCC4)ncc3c2)cc2cn(C)nc12.Cn1cc2cc(-c3ccc4nc(C5CCNCC5)cnc4c3)cc(C(F)(F)F)c2n1. The molecule has 6 aromatic carbocycles. The minimum absolute atomic E-state index is 0.0408. The molecule has 0 aliphatic carbocycles. The molecule has 3 aliphatic rings. The Morgan fingerprint density at radius 1 is 0.424 bits per heavy atom. The highest BCUT2D eigenvalue weighted by molar-refractivity contribution is 5.93. The number of hydrogen-bond donors (Lipinski definition) is 3. The molecule has 3 N–H and O–H groups in total. The van der Waals surface area contributed by atoms with E-state index < -0.39 is 11.7 Å². The minimum atomic E-state index is -4.48. The molecule has 6 aromatic heterocycles. The fourth-order valence-corrected chi connectivity index (χ4v) is 12.6. The van der Waals surface area contributed by atoms with Gasteiger partial charge in [-0.15, -0.1) is 0 Å². The second-order valence-corrected chi connectivity index (χ2v) is 23.2. The van der Waals surface area contributed by atoms with E-state index in [1.807, 2.05) is 61.0 Å². The summed E-state index contributed by atoms with van der Waals surface area (Å²) in [6.45, 7) is 10.2. The number of alkyl halides is 3. The van der Waals surface area contributed by atoms with Crippen LogP contribution in [0.2, 0.25) is 0 Å². The fourth-order valence-electron chi connectivity index (χ4n) is 12.6. The van der Waals surface area contributed by atoms with Crippen LogP contribution >= 0.6 is 0 Å². The molecule has 14 nitrogen and oxygen atoms in total. The fraction of sp³-hybridized carbons (Fsp3) is 0.313. The number of aryl methyl sites for hydroxylation is 5. The van der Waals surface area contributed by atoms with Crippen molar-refractivity contribution in [2.45, 2.75) is 76.3 Å². The number of aromatic nitrogens is 11. The molecule has 15 rings (SSSR count). The second kappa shape index (κ2) is 23.1. The molecule has 0 unspecified atom stereocenters. The molecule has 3 fully saturated rings. The number of nitrogens with zero attached hydrogens (tertiary/aromatic N) is 11. The van der Waals surface area contributed by atoms with Gasteiger partial charge in [0.1, 0.15) is 22.7 Å². The Labute approximate surface area is 489 Å². The van der Waals surface area contributed by atoms with Crippen LogP contribution in [0.5, 0.6) is 0 Å². The number of benzene rings is 6. The van der Waals surface area contributed by atoms with Crippen molar-refractivity contribution < 1.29 is 17.6 Å². The van der Waals surface area contributed by atoms with Crippen molar-refractivity contribution in [2.24, 2.45) is 21.1 Å². The summed E-state index contributed by atoms with van der Waals surface area (Å²) in [5.41, 5.74) is 13.9. The van der Waals surface area contributed by atoms with Crippen LogP contribution in [-0.2, 0) is 27.3 Å². The molecule has 0 saturated carbocycles. The molecule has 18 heteroatoms. The van der Waals surface area contributed by atoms with E-state index in [9.17, 15) is 13.2 Å². The van der Waals surface area contributed by atoms with Crippen LogP contribution in [0.4, 0.5) is 17.6 Å². The van der Waals surface area contributed by atoms with Gasteiger partial charge in [-0.2, -0.15) is 28.5 Å². The average Bonchev–Trinajstić information content (AvgIpc) is 2.74. The monoisotopic (exact) mass is 1140 g/mol. The van der Waals surface area contributed by atoms with E-state index in [4.69, 9.17) is 9.97 Å². The Morgan fingerprint density at radius 3 is 1.53 bits per heavy atom. The Balaban J connectivity index is 0.000000119. The van der Waals surface area contributed by atoms with Gasteiger partial charge in [-0.25, -0.2) is 24.3 Å². The van der Waals surface area contributed by atoms with Crippen LogP contribution in [0.15, 0.2) is 128 Å². The standard InChI is InChI=1S/C23H23FN4.C22H20F3N5.C22H23N5/c1-14-9-17(11-19-13-28(2)27-22(14)19)18-10-16-3-4-21(15-5-7-25-8-6-15)26-23(16)20(24)12-18;1-30-12-16-8-15(9-17(21(16)29-30)22(23,24)25)14-2-3-18-19(10-14)27-11-20(28-18)13-4-6-26-7-5-13;1-14-9-17(11-19-13-27(2)26-21(14)19)16-3-4-20-18(10-16)12-24-22(25-20)15-5-7-23-8-6-15/h3-4,9-13,15,25H,5-8H2,1-2H3;2-3,8-13,26H,4-7H2,1H3;3-4,9-13,15,23H,5-8H2,1-2H3. The zero-order valence-corrected chi connectivity index (χ0v) is 48.3. The van der Waals surface area contributed by atoms with E-state index in [-0.39, 0.29) is 11.3 Å². The lowest BCUT2D eigenvalue weighted by Crippen LogP contribution is -2.27. The van der Waals surface area contributed by atoms with Crippen LogP contribution in [0.1, 0.15) is 90.2 Å². The molecular formula is C67H66F4N14. The van der Waals surface area contributed by atoms with Gasteiger partial charge < -0.3 is 16.0 Å². The average molecular weight is 1140 g/mol. The predicted octanol–water partition coefficient (Wildman–Crippen LogP) is 13.3. The molecule has 0 bridgehead atoms. The summed E-state index contributed by atoms with van der Waals surface area (Å²) in [7, 11) is 5.50. The summed E-state index contributed by atoms with van der Waals surface area (Å²) in [5, 5.41) is 27.8. The normalized spacial score (nSPS) is 15.7. The Bertz CT molecular complexity index is 4470. The predicted molar refractivity (Wildman–Crippen MR) is 329 cm³/mol. The molecule has 3 saturated heterocycles. The summed E-state index contributed by atoms with van der Waals surface area (Å²) in [4.78, 5) is 23.5. The quantitative estimate of drug-likeness (QED) is 0.136. The van der Waals surface area contributed by atoms with Crippen LogP contribution in [0.25, 0.3) is 98.9 Å². The molecule has 0 radical (unpaired) electrons. The molecule has 432 valence electrons. The molecule has 0 amide bonds. The van der Waals surface area contributed by atoms with Gasteiger partial charge in [-0.1, -0.05) is 18.2 Å². The topological polar surface area (TPSA) is 154 Å². The Morgan fingerprint density at radius 2 is 0.918 bits per heavy atom. The van der Waals surface area contributed by atoms with Crippen molar-refractivity contribution in [3.05, 3.63) is 168 Å². The third-order valence-corrected chi connectivity index (χ3v) is 17.0. The number of piperidine rings is 3. The van der Waals surface area contributed by atoms with Crippen LogP contribution in [-0.4, -0.2) is 93.5 Å². The molecule has 0 spiro atoms. The number of fused-ring (bicyclic) bond motifs is 6. The highest BCUT2D eigenvalue weighted by Crippen LogP contribution is 2.39. The third-order valence-electron chi connectivity index (χ3n) is 17.0. The molecule has 12 aromatic rings. The van der Waals surface area contributed by atoms with Gasteiger partial charge in [0.15, 0.2) is 0 Å². The van der Waals surface area contributed by atoms with E-state index in [0.29, 0.717) is 45.3 Å². The Hall–Kier alpha value is -8.58. The lowest BCUT2D eigenvalue weighted by molar-refractivity contribution is -0.136. The van der Waals surface area contributed by atoms with Gasteiger partial charge in [-0.05, 0) is 215 Å². The number of pyridine rings is 1. The van der Waals surface area contributed by atoms with Gasteiger partial charge in [0.25, 0.3) is 0 Å². The van der Waals surface area contributed by atoms with E-state index in [2.05, 4.69) is 108 Å². The summed E-state index contributed by atoms with van der Waals surface area (Å²) in [5.74, 6) is 2.02. The zero-order valence-electron chi connectivity index (χ0n) is 48.3. The van der Waals surface area contributed by atoms with Crippen molar-refractivity contribution in [3.8, 4) is 33.4 Å². The van der Waals surface area contributed by atoms with E-state index >= 15 is 4.39 Å². The van der Waals surface area contributed by atoms with Gasteiger partial charge >= 0.3 is 6.18 Å². The number of rotatable bonds is 6. The van der Waals surface area contributed by atoms with Crippen LogP contribution < -0.4 is 16.0 Å². The van der Waals surface area contributed by atoms with Crippen LogP contribution in [0.3, 0.4) is 0 Å². The molecular weight excluding hydrogens is 1080 g/mol. The highest BCUT2D eigenvalue weighted by Gasteiger charge is 2.35. The van der Waals surface area contributed by atoms with Gasteiger partial charge in [0, 0.05) is 103 Å². The Kier molecular flexibility index (Phi) is 15.1. The number of hydrogen-bond acceptors (Lipinski definition) is 11. The van der Waals surface area contributed by atoms with Crippen molar-refractivity contribution in [1.82, 2.24) is 70.2 Å². The highest BCUT2D eigenvalue weighted by atomic mass is 19.4. The smallest absolute Gasteiger partial charge is 0.317 e. The first kappa shape index (κ1) is 55.6. The molecule has 9 heterocycles. The van der Waals surface area contributed by atoms with Gasteiger partial charge in [0.05, 0.1) is 38.8 Å². The molecule has 85 heavy (non-hydrogen) atoms. The first-order valence-electron chi connectivity index (χ1n) is 29.3. The van der Waals surface area contributed by atoms with Gasteiger partial charge in [0.2, 0.25) is 0 Å². The van der Waals surface area contributed by atoms with E-state index in [0.717, 1.165) is 156 Å². The molecule has 0 atom stereocenters. The largest absolute Gasteiger partial charge is 0.418 e.